The van der Waals surface area contributed by atoms with Gasteiger partial charge in [-0.15, -0.1) is 11.3 Å². The average molecular weight is 282 g/mol. The van der Waals surface area contributed by atoms with Gasteiger partial charge in [-0.1, -0.05) is 0 Å². The van der Waals surface area contributed by atoms with E-state index in [4.69, 9.17) is 0 Å². The van der Waals surface area contributed by atoms with Crippen molar-refractivity contribution in [2.24, 2.45) is 0 Å². The van der Waals surface area contributed by atoms with Crippen molar-refractivity contribution < 1.29 is 9.59 Å². The van der Waals surface area contributed by atoms with E-state index in [1.54, 1.807) is 18.7 Å². The molecule has 1 fully saturated rings. The van der Waals surface area contributed by atoms with E-state index >= 15 is 0 Å². The molecule has 2 amide bonds. The monoisotopic (exact) mass is 282 g/mol. The molecule has 1 aliphatic rings. The van der Waals surface area contributed by atoms with Crippen molar-refractivity contribution in [3.8, 4) is 0 Å². The molecule has 6 nitrogen and oxygen atoms in total. The van der Waals surface area contributed by atoms with Crippen LogP contribution in [0.15, 0.2) is 5.38 Å². The number of rotatable bonds is 3. The molecule has 19 heavy (non-hydrogen) atoms. The highest BCUT2D eigenvalue weighted by Crippen LogP contribution is 2.30. The number of carbonyl (C=O) groups excluding carboxylic acids is 2. The smallest absolute Gasteiger partial charge is 0.251 e. The number of carbonyl (C=O) groups is 2. The average Bonchev–Trinajstić information content (AvgIpc) is 2.82. The molecule has 1 atom stereocenters. The lowest BCUT2D eigenvalue weighted by molar-refractivity contribution is -0.135. The van der Waals surface area contributed by atoms with E-state index in [1.807, 2.05) is 19.4 Å². The highest BCUT2D eigenvalue weighted by Gasteiger charge is 2.42. The topological polar surface area (TPSA) is 74.3 Å². The zero-order valence-electron chi connectivity index (χ0n) is 11.5. The minimum atomic E-state index is -0.772. The van der Waals surface area contributed by atoms with Gasteiger partial charge >= 0.3 is 0 Å². The first-order valence-electron chi connectivity index (χ1n) is 6.11. The molecular formula is C12H18N4O2S. The Hall–Kier alpha value is -1.47. The molecule has 1 saturated heterocycles. The number of nitrogens with one attached hydrogen (secondary N) is 2. The van der Waals surface area contributed by atoms with Crippen molar-refractivity contribution in [3.63, 3.8) is 0 Å². The number of anilines is 1. The summed E-state index contributed by atoms with van der Waals surface area (Å²) in [5.41, 5.74) is 0.142. The Morgan fingerprint density at radius 2 is 2.21 bits per heavy atom. The fourth-order valence-corrected chi connectivity index (χ4v) is 2.90. The van der Waals surface area contributed by atoms with Gasteiger partial charge in [0.05, 0.1) is 5.69 Å². The van der Waals surface area contributed by atoms with Crippen LogP contribution in [0.5, 0.6) is 0 Å². The summed E-state index contributed by atoms with van der Waals surface area (Å²) in [6, 6.07) is 0.141. The third kappa shape index (κ3) is 2.48. The number of amides is 2. The standard InChI is InChI=1S/C12H18N4O2S/c1-7(13-4)8-6-19-11(14-8)16-5-9(17)15-10(18)12(16,2)3/h6-7,13H,5H2,1-4H3,(H,15,17,18). The van der Waals surface area contributed by atoms with Crippen LogP contribution in [0.4, 0.5) is 5.13 Å². The van der Waals surface area contributed by atoms with Crippen molar-refractivity contribution >= 4 is 28.3 Å². The molecular weight excluding hydrogens is 264 g/mol. The number of hydrogen-bond acceptors (Lipinski definition) is 6. The van der Waals surface area contributed by atoms with Crippen LogP contribution in [0, 0.1) is 0 Å². The van der Waals surface area contributed by atoms with Gasteiger partial charge in [-0.25, -0.2) is 4.98 Å². The van der Waals surface area contributed by atoms with Crippen molar-refractivity contribution in [2.75, 3.05) is 18.5 Å². The minimum absolute atomic E-state index is 0.141. The molecule has 0 aliphatic carbocycles. The summed E-state index contributed by atoms with van der Waals surface area (Å²) in [5.74, 6) is -0.579. The molecule has 1 aromatic rings. The number of piperazine rings is 1. The summed E-state index contributed by atoms with van der Waals surface area (Å²) in [7, 11) is 1.87. The predicted molar refractivity (Wildman–Crippen MR) is 74.2 cm³/mol. The van der Waals surface area contributed by atoms with Gasteiger partial charge in [-0.05, 0) is 27.8 Å². The van der Waals surface area contributed by atoms with Gasteiger partial charge in [0.25, 0.3) is 5.91 Å². The zero-order valence-corrected chi connectivity index (χ0v) is 12.3. The second-order valence-electron chi connectivity index (χ2n) is 5.09. The molecule has 0 spiro atoms. The molecule has 0 aromatic carbocycles. The zero-order chi connectivity index (χ0) is 14.2. The molecule has 2 heterocycles. The van der Waals surface area contributed by atoms with Crippen molar-refractivity contribution in [2.45, 2.75) is 32.4 Å². The van der Waals surface area contributed by atoms with Crippen LogP contribution < -0.4 is 15.5 Å². The molecule has 2 N–H and O–H groups in total. The second kappa shape index (κ2) is 4.90. The molecule has 0 bridgehead atoms. The molecule has 104 valence electrons. The van der Waals surface area contributed by atoms with Gasteiger partial charge in [0, 0.05) is 11.4 Å². The van der Waals surface area contributed by atoms with E-state index in [0.717, 1.165) is 5.69 Å². The molecule has 2 rings (SSSR count). The Morgan fingerprint density at radius 3 is 2.84 bits per heavy atom. The first-order valence-corrected chi connectivity index (χ1v) is 6.99. The van der Waals surface area contributed by atoms with Gasteiger partial charge in [0.2, 0.25) is 5.91 Å². The van der Waals surface area contributed by atoms with Crippen molar-refractivity contribution in [3.05, 3.63) is 11.1 Å². The normalized spacial score (nSPS) is 20.3. The molecule has 7 heteroatoms. The lowest BCUT2D eigenvalue weighted by Gasteiger charge is -2.39. The van der Waals surface area contributed by atoms with Gasteiger partial charge in [-0.3, -0.25) is 14.9 Å². The van der Waals surface area contributed by atoms with Crippen molar-refractivity contribution in [1.82, 2.24) is 15.6 Å². The minimum Gasteiger partial charge on any atom is -0.325 e. The predicted octanol–water partition coefficient (Wildman–Crippen LogP) is 0.665. The summed E-state index contributed by atoms with van der Waals surface area (Å²) >= 11 is 1.45. The van der Waals surface area contributed by atoms with Crippen LogP contribution in [0.2, 0.25) is 0 Å². The first kappa shape index (κ1) is 14.0. The number of thiazole rings is 1. The summed E-state index contributed by atoms with van der Waals surface area (Å²) in [4.78, 5) is 29.7. The summed E-state index contributed by atoms with van der Waals surface area (Å²) < 4.78 is 0. The Bertz CT molecular complexity index is 512. The van der Waals surface area contributed by atoms with E-state index in [0.29, 0.717) is 5.13 Å². The summed E-state index contributed by atoms with van der Waals surface area (Å²) in [5, 5.41) is 8.12. The van der Waals surface area contributed by atoms with Crippen LogP contribution in [-0.2, 0) is 9.59 Å². The number of nitrogens with zero attached hydrogens (tertiary/aromatic N) is 2. The lowest BCUT2D eigenvalue weighted by Crippen LogP contribution is -2.64. The van der Waals surface area contributed by atoms with Crippen molar-refractivity contribution in [1.29, 1.82) is 0 Å². The largest absolute Gasteiger partial charge is 0.325 e. The van der Waals surface area contributed by atoms with Gasteiger partial charge < -0.3 is 10.2 Å². The maximum absolute atomic E-state index is 11.9. The third-order valence-electron chi connectivity index (χ3n) is 3.40. The van der Waals surface area contributed by atoms with E-state index in [9.17, 15) is 9.59 Å². The maximum atomic E-state index is 11.9. The van der Waals surface area contributed by atoms with E-state index in [2.05, 4.69) is 15.6 Å². The Balaban J connectivity index is 2.31. The first-order chi connectivity index (χ1) is 8.86. The highest BCUT2D eigenvalue weighted by molar-refractivity contribution is 7.13. The Kier molecular flexibility index (Phi) is 3.60. The van der Waals surface area contributed by atoms with Crippen LogP contribution in [-0.4, -0.2) is 35.9 Å². The molecule has 0 saturated carbocycles. The van der Waals surface area contributed by atoms with Crippen LogP contribution in [0.25, 0.3) is 0 Å². The van der Waals surface area contributed by atoms with Gasteiger partial charge in [-0.2, -0.15) is 0 Å². The quantitative estimate of drug-likeness (QED) is 0.797. The molecule has 1 aromatic heterocycles. The SMILES string of the molecule is CNC(C)c1csc(N2CC(=O)NC(=O)C2(C)C)n1. The van der Waals surface area contributed by atoms with Crippen LogP contribution >= 0.6 is 11.3 Å². The third-order valence-corrected chi connectivity index (χ3v) is 4.28. The van der Waals surface area contributed by atoms with E-state index in [-0.39, 0.29) is 24.4 Å². The highest BCUT2D eigenvalue weighted by atomic mass is 32.1. The van der Waals surface area contributed by atoms with Crippen LogP contribution in [0.3, 0.4) is 0 Å². The number of aromatic nitrogens is 1. The fraction of sp³-hybridized carbons (Fsp3) is 0.583. The fourth-order valence-electron chi connectivity index (χ4n) is 1.84. The van der Waals surface area contributed by atoms with Gasteiger partial charge in [0.1, 0.15) is 12.1 Å². The summed E-state index contributed by atoms with van der Waals surface area (Å²) in [6.45, 7) is 5.74. The maximum Gasteiger partial charge on any atom is 0.251 e. The lowest BCUT2D eigenvalue weighted by atomic mass is 10.00. The number of imide groups is 1. The second-order valence-corrected chi connectivity index (χ2v) is 5.92. The number of hydrogen-bond donors (Lipinski definition) is 2. The van der Waals surface area contributed by atoms with E-state index < -0.39 is 5.54 Å². The Morgan fingerprint density at radius 1 is 1.53 bits per heavy atom. The van der Waals surface area contributed by atoms with Crippen LogP contribution in [0.1, 0.15) is 32.5 Å². The van der Waals surface area contributed by atoms with Gasteiger partial charge in [0.15, 0.2) is 5.13 Å². The summed E-state index contributed by atoms with van der Waals surface area (Å²) in [6.07, 6.45) is 0. The Labute approximate surface area is 116 Å². The molecule has 1 aliphatic heterocycles. The van der Waals surface area contributed by atoms with E-state index in [1.165, 1.54) is 11.3 Å². The molecule has 1 unspecified atom stereocenters. The molecule has 0 radical (unpaired) electrons.